The lowest BCUT2D eigenvalue weighted by molar-refractivity contribution is -0.130. The van der Waals surface area contributed by atoms with Crippen molar-refractivity contribution in [2.75, 3.05) is 0 Å². The molecule has 6 heteroatoms. The van der Waals surface area contributed by atoms with Gasteiger partial charge >= 0.3 is 5.97 Å². The monoisotopic (exact) mass is 378 g/mol. The van der Waals surface area contributed by atoms with Gasteiger partial charge in [0.2, 0.25) is 6.10 Å². The summed E-state index contributed by atoms with van der Waals surface area (Å²) in [7, 11) is 0. The minimum Gasteiger partial charge on any atom is -0.443 e. The second-order valence-electron chi connectivity index (χ2n) is 6.38. The number of ether oxygens (including phenoxy) is 1. The van der Waals surface area contributed by atoms with Crippen molar-refractivity contribution in [2.45, 2.75) is 25.0 Å². The average molecular weight is 378 g/mol. The highest BCUT2D eigenvalue weighted by Gasteiger charge is 2.31. The SMILES string of the molecule is O=C(O[C@H](C(=O)NC1CC1)c1ccccc1)c1csc(-c2ccccc2)n1. The van der Waals surface area contributed by atoms with Crippen LogP contribution in [0, 0.1) is 0 Å². The van der Waals surface area contributed by atoms with Crippen LogP contribution in [0.3, 0.4) is 0 Å². The molecule has 2 aromatic carbocycles. The summed E-state index contributed by atoms with van der Waals surface area (Å²) in [6.07, 6.45) is 0.947. The smallest absolute Gasteiger partial charge is 0.358 e. The van der Waals surface area contributed by atoms with Crippen LogP contribution in [0.15, 0.2) is 66.0 Å². The maximum Gasteiger partial charge on any atom is 0.358 e. The molecule has 1 N–H and O–H groups in total. The zero-order valence-electron chi connectivity index (χ0n) is 14.5. The maximum atomic E-state index is 12.6. The third-order valence-electron chi connectivity index (χ3n) is 4.22. The molecule has 3 aromatic rings. The number of carbonyl (C=O) groups is 2. The molecule has 1 saturated carbocycles. The largest absolute Gasteiger partial charge is 0.443 e. The highest BCUT2D eigenvalue weighted by atomic mass is 32.1. The fraction of sp³-hybridized carbons (Fsp3) is 0.190. The van der Waals surface area contributed by atoms with Gasteiger partial charge < -0.3 is 10.1 Å². The highest BCUT2D eigenvalue weighted by molar-refractivity contribution is 7.13. The first kappa shape index (κ1) is 17.4. The normalized spacial score (nSPS) is 14.4. The summed E-state index contributed by atoms with van der Waals surface area (Å²) in [4.78, 5) is 29.6. The molecule has 5 nitrogen and oxygen atoms in total. The number of rotatable bonds is 6. The fourth-order valence-electron chi connectivity index (χ4n) is 2.65. The number of amides is 1. The van der Waals surface area contributed by atoms with Crippen molar-refractivity contribution < 1.29 is 14.3 Å². The predicted octanol–water partition coefficient (Wildman–Crippen LogP) is 3.99. The molecule has 136 valence electrons. The van der Waals surface area contributed by atoms with Crippen molar-refractivity contribution in [1.82, 2.24) is 10.3 Å². The van der Waals surface area contributed by atoms with Crippen molar-refractivity contribution in [3.63, 3.8) is 0 Å². The summed E-state index contributed by atoms with van der Waals surface area (Å²) >= 11 is 1.37. The summed E-state index contributed by atoms with van der Waals surface area (Å²) in [5, 5.41) is 5.30. The number of esters is 1. The quantitative estimate of drug-likeness (QED) is 0.659. The lowest BCUT2D eigenvalue weighted by atomic mass is 10.1. The first-order valence-electron chi connectivity index (χ1n) is 8.78. The van der Waals surface area contributed by atoms with Crippen LogP contribution in [0.4, 0.5) is 0 Å². The van der Waals surface area contributed by atoms with Gasteiger partial charge in [0.1, 0.15) is 5.01 Å². The van der Waals surface area contributed by atoms with Gasteiger partial charge in [0.15, 0.2) is 5.69 Å². The lowest BCUT2D eigenvalue weighted by Crippen LogP contribution is -2.33. The van der Waals surface area contributed by atoms with Crippen LogP contribution in [0.2, 0.25) is 0 Å². The summed E-state index contributed by atoms with van der Waals surface area (Å²) in [5.41, 5.74) is 1.79. The fourth-order valence-corrected chi connectivity index (χ4v) is 3.45. The summed E-state index contributed by atoms with van der Waals surface area (Å²) in [5.74, 6) is -0.899. The molecule has 0 radical (unpaired) electrons. The number of nitrogens with one attached hydrogen (secondary N) is 1. The van der Waals surface area contributed by atoms with E-state index in [2.05, 4.69) is 10.3 Å². The third kappa shape index (κ3) is 4.23. The molecule has 1 atom stereocenters. The molecule has 27 heavy (non-hydrogen) atoms. The van der Waals surface area contributed by atoms with Gasteiger partial charge in [-0.2, -0.15) is 0 Å². The van der Waals surface area contributed by atoms with Crippen molar-refractivity contribution in [3.05, 3.63) is 77.3 Å². The van der Waals surface area contributed by atoms with Crippen molar-refractivity contribution >= 4 is 23.2 Å². The van der Waals surface area contributed by atoms with Crippen molar-refractivity contribution in [3.8, 4) is 10.6 Å². The minimum absolute atomic E-state index is 0.186. The first-order chi connectivity index (χ1) is 13.2. The molecule has 0 bridgehead atoms. The van der Waals surface area contributed by atoms with Crippen LogP contribution < -0.4 is 5.32 Å². The molecule has 0 saturated heterocycles. The van der Waals surface area contributed by atoms with E-state index < -0.39 is 12.1 Å². The molecule has 4 rings (SSSR count). The second-order valence-corrected chi connectivity index (χ2v) is 7.24. The molecule has 1 aliphatic rings. The van der Waals surface area contributed by atoms with E-state index in [1.807, 2.05) is 48.5 Å². The van der Waals surface area contributed by atoms with Crippen LogP contribution >= 0.6 is 11.3 Å². The molecule has 0 unspecified atom stereocenters. The highest BCUT2D eigenvalue weighted by Crippen LogP contribution is 2.26. The second kappa shape index (κ2) is 7.72. The van der Waals surface area contributed by atoms with Crippen LogP contribution in [-0.2, 0) is 9.53 Å². The molecule has 1 heterocycles. The topological polar surface area (TPSA) is 68.3 Å². The molecule has 1 amide bonds. The van der Waals surface area contributed by atoms with E-state index in [0.717, 1.165) is 23.4 Å². The van der Waals surface area contributed by atoms with Gasteiger partial charge in [0.05, 0.1) is 0 Å². The maximum absolute atomic E-state index is 12.6. The zero-order chi connectivity index (χ0) is 18.6. The van der Waals surface area contributed by atoms with Gasteiger partial charge in [-0.25, -0.2) is 9.78 Å². The standard InChI is InChI=1S/C21H18N2O3S/c24-19(22-16-11-12-16)18(14-7-3-1-4-8-14)26-21(25)17-13-27-20(23-17)15-9-5-2-6-10-15/h1-10,13,16,18H,11-12H2,(H,22,24)/t18-/m0/s1. The van der Waals surface area contributed by atoms with E-state index in [-0.39, 0.29) is 17.6 Å². The summed E-state index contributed by atoms with van der Waals surface area (Å²) in [6.45, 7) is 0. The Balaban J connectivity index is 1.53. The molecule has 1 aromatic heterocycles. The van der Waals surface area contributed by atoms with Gasteiger partial charge in [0.25, 0.3) is 5.91 Å². The molecular weight excluding hydrogens is 360 g/mol. The Labute approximate surface area is 161 Å². The average Bonchev–Trinajstić information content (AvgIpc) is 3.38. The number of nitrogens with zero attached hydrogens (tertiary/aromatic N) is 1. The van der Waals surface area contributed by atoms with Crippen LogP contribution in [0.5, 0.6) is 0 Å². The number of hydrogen-bond donors (Lipinski definition) is 1. The van der Waals surface area contributed by atoms with Gasteiger partial charge in [-0.05, 0) is 12.8 Å². The van der Waals surface area contributed by atoms with Gasteiger partial charge in [0, 0.05) is 22.5 Å². The van der Waals surface area contributed by atoms with E-state index in [9.17, 15) is 9.59 Å². The summed E-state index contributed by atoms with van der Waals surface area (Å²) < 4.78 is 5.56. The molecule has 1 aliphatic carbocycles. The van der Waals surface area contributed by atoms with Crippen molar-refractivity contribution in [1.29, 1.82) is 0 Å². The number of carbonyl (C=O) groups excluding carboxylic acids is 2. The van der Waals surface area contributed by atoms with Gasteiger partial charge in [-0.1, -0.05) is 60.7 Å². The molecular formula is C21H18N2O3S. The van der Waals surface area contributed by atoms with Gasteiger partial charge in [-0.3, -0.25) is 4.79 Å². The van der Waals surface area contributed by atoms with E-state index in [1.165, 1.54) is 11.3 Å². The lowest BCUT2D eigenvalue weighted by Gasteiger charge is -2.17. The number of hydrogen-bond acceptors (Lipinski definition) is 5. The number of aromatic nitrogens is 1. The molecule has 0 spiro atoms. The van der Waals surface area contributed by atoms with Gasteiger partial charge in [-0.15, -0.1) is 11.3 Å². The Morgan fingerprint density at radius 1 is 1.04 bits per heavy atom. The Morgan fingerprint density at radius 2 is 1.70 bits per heavy atom. The Morgan fingerprint density at radius 3 is 2.37 bits per heavy atom. The summed E-state index contributed by atoms with van der Waals surface area (Å²) in [6, 6.07) is 18.9. The number of thiazole rings is 1. The first-order valence-corrected chi connectivity index (χ1v) is 9.66. The van der Waals surface area contributed by atoms with Crippen LogP contribution in [-0.4, -0.2) is 22.9 Å². The van der Waals surface area contributed by atoms with Crippen LogP contribution in [0.1, 0.15) is 35.0 Å². The number of benzene rings is 2. The van der Waals surface area contributed by atoms with E-state index in [4.69, 9.17) is 4.74 Å². The minimum atomic E-state index is -0.985. The van der Waals surface area contributed by atoms with Crippen molar-refractivity contribution in [2.24, 2.45) is 0 Å². The third-order valence-corrected chi connectivity index (χ3v) is 5.11. The Kier molecular flexibility index (Phi) is 4.98. The van der Waals surface area contributed by atoms with Crippen LogP contribution in [0.25, 0.3) is 10.6 Å². The molecule has 1 fully saturated rings. The van der Waals surface area contributed by atoms with E-state index in [0.29, 0.717) is 5.56 Å². The van der Waals surface area contributed by atoms with E-state index >= 15 is 0 Å². The Bertz CT molecular complexity index is 936. The molecule has 0 aliphatic heterocycles. The van der Waals surface area contributed by atoms with E-state index in [1.54, 1.807) is 17.5 Å². The Hall–Kier alpha value is -2.99. The zero-order valence-corrected chi connectivity index (χ0v) is 15.3. The predicted molar refractivity (Wildman–Crippen MR) is 103 cm³/mol.